The molecule has 200 valence electrons. The Morgan fingerprint density at radius 1 is 0.395 bits per heavy atom. The monoisotopic (exact) mass is 549 g/mol. The predicted molar refractivity (Wildman–Crippen MR) is 177 cm³/mol. The quantitative estimate of drug-likeness (QED) is 0.202. The van der Waals surface area contributed by atoms with Crippen LogP contribution in [0.1, 0.15) is 0 Å². The molecule has 5 nitrogen and oxygen atoms in total. The fourth-order valence-electron chi connectivity index (χ4n) is 7.20. The van der Waals surface area contributed by atoms with Crippen molar-refractivity contribution in [1.82, 2.24) is 23.5 Å². The lowest BCUT2D eigenvalue weighted by Crippen LogP contribution is -1.95. The molecule has 0 radical (unpaired) electrons. The Morgan fingerprint density at radius 3 is 1.86 bits per heavy atom. The molecule has 0 fully saturated rings. The van der Waals surface area contributed by atoms with Crippen LogP contribution >= 0.6 is 0 Å². The van der Waals surface area contributed by atoms with Crippen LogP contribution in [0.15, 0.2) is 140 Å². The highest BCUT2D eigenvalue weighted by Crippen LogP contribution is 2.43. The molecule has 0 atom stereocenters. The molecule has 43 heavy (non-hydrogen) atoms. The lowest BCUT2D eigenvalue weighted by molar-refractivity contribution is 1.17. The Hall–Kier alpha value is -5.94. The summed E-state index contributed by atoms with van der Waals surface area (Å²) in [5.74, 6) is 0. The van der Waals surface area contributed by atoms with Gasteiger partial charge in [0.1, 0.15) is 11.3 Å². The molecule has 0 saturated carbocycles. The third-order valence-electron chi connectivity index (χ3n) is 8.92. The van der Waals surface area contributed by atoms with Crippen molar-refractivity contribution in [1.29, 1.82) is 0 Å². The van der Waals surface area contributed by atoms with Crippen LogP contribution < -0.4 is 0 Å². The van der Waals surface area contributed by atoms with Gasteiger partial charge in [0.15, 0.2) is 0 Å². The van der Waals surface area contributed by atoms with Crippen LogP contribution in [0, 0.1) is 0 Å². The summed E-state index contributed by atoms with van der Waals surface area (Å²) < 4.78 is 6.93. The maximum Gasteiger partial charge on any atom is 0.146 e. The molecular weight excluding hydrogens is 526 g/mol. The molecule has 5 heterocycles. The molecule has 5 heteroatoms. The number of benzene rings is 5. The van der Waals surface area contributed by atoms with E-state index >= 15 is 0 Å². The summed E-state index contributed by atoms with van der Waals surface area (Å²) >= 11 is 0. The molecule has 0 aliphatic rings. The lowest BCUT2D eigenvalue weighted by atomic mass is 10.0. The van der Waals surface area contributed by atoms with Gasteiger partial charge in [0.25, 0.3) is 0 Å². The van der Waals surface area contributed by atoms with Crippen LogP contribution in [0.25, 0.3) is 82.4 Å². The highest BCUT2D eigenvalue weighted by molar-refractivity contribution is 6.30. The highest BCUT2D eigenvalue weighted by Gasteiger charge is 2.22. The molecule has 0 amide bonds. The Labute approximate surface area is 245 Å². The van der Waals surface area contributed by atoms with E-state index in [4.69, 9.17) is 9.97 Å². The number of hydrogen-bond donors (Lipinski definition) is 0. The second kappa shape index (κ2) is 8.30. The average Bonchev–Trinajstić information content (AvgIpc) is 3.77. The zero-order valence-electron chi connectivity index (χ0n) is 23.0. The van der Waals surface area contributed by atoms with Crippen LogP contribution in [0.4, 0.5) is 0 Å². The minimum atomic E-state index is 0.917. The van der Waals surface area contributed by atoms with Crippen LogP contribution in [0.2, 0.25) is 0 Å². The summed E-state index contributed by atoms with van der Waals surface area (Å²) in [6.07, 6.45) is 5.75. The third kappa shape index (κ3) is 2.95. The molecular formula is C38H23N5. The van der Waals surface area contributed by atoms with Gasteiger partial charge in [-0.25, -0.2) is 9.97 Å². The molecule has 0 bridgehead atoms. The summed E-state index contributed by atoms with van der Waals surface area (Å²) in [4.78, 5) is 9.66. The average molecular weight is 550 g/mol. The molecule has 0 saturated heterocycles. The van der Waals surface area contributed by atoms with Gasteiger partial charge >= 0.3 is 0 Å². The maximum absolute atomic E-state index is 4.91. The SMILES string of the molecule is c1ccc(-n2c3ccccc3c3cc4c(cc32)c2c3c(ccc2n4-c2ccccc2)c2cccnc2n2ccnc32)cc1. The molecule has 0 aliphatic carbocycles. The zero-order valence-corrected chi connectivity index (χ0v) is 23.0. The Balaban J connectivity index is 1.50. The van der Waals surface area contributed by atoms with E-state index in [-0.39, 0.29) is 0 Å². The van der Waals surface area contributed by atoms with Crippen molar-refractivity contribution in [3.63, 3.8) is 0 Å². The van der Waals surface area contributed by atoms with Gasteiger partial charge in [-0.1, -0.05) is 60.7 Å². The minimum absolute atomic E-state index is 0.917. The lowest BCUT2D eigenvalue weighted by Gasteiger charge is -2.10. The molecule has 0 N–H and O–H groups in total. The Bertz CT molecular complexity index is 2710. The van der Waals surface area contributed by atoms with Crippen molar-refractivity contribution in [3.8, 4) is 11.4 Å². The van der Waals surface area contributed by atoms with E-state index in [1.165, 1.54) is 38.1 Å². The number of imidazole rings is 1. The predicted octanol–water partition coefficient (Wildman–Crippen LogP) is 9.23. The van der Waals surface area contributed by atoms with Gasteiger partial charge in [0.2, 0.25) is 0 Å². The summed E-state index contributed by atoms with van der Waals surface area (Å²) in [5.41, 5.74) is 8.84. The minimum Gasteiger partial charge on any atom is -0.309 e. The maximum atomic E-state index is 4.91. The molecule has 0 aliphatic heterocycles. The van der Waals surface area contributed by atoms with Crippen molar-refractivity contribution in [2.24, 2.45) is 0 Å². The first-order valence-electron chi connectivity index (χ1n) is 14.5. The van der Waals surface area contributed by atoms with Gasteiger partial charge in [-0.3, -0.25) is 4.40 Å². The first-order chi connectivity index (χ1) is 21.4. The van der Waals surface area contributed by atoms with E-state index in [0.29, 0.717) is 0 Å². The van der Waals surface area contributed by atoms with Crippen LogP contribution in [0.5, 0.6) is 0 Å². The van der Waals surface area contributed by atoms with Crippen molar-refractivity contribution < 1.29 is 0 Å². The van der Waals surface area contributed by atoms with Gasteiger partial charge in [-0.15, -0.1) is 0 Å². The van der Waals surface area contributed by atoms with E-state index in [9.17, 15) is 0 Å². The van der Waals surface area contributed by atoms with Crippen molar-refractivity contribution >= 4 is 71.1 Å². The summed E-state index contributed by atoms with van der Waals surface area (Å²) in [7, 11) is 0. The number of hydrogen-bond acceptors (Lipinski definition) is 2. The first kappa shape index (κ1) is 22.7. The molecule has 0 unspecified atom stereocenters. The molecule has 0 spiro atoms. The smallest absolute Gasteiger partial charge is 0.146 e. The standard InChI is InChI=1S/C38H23N5/c1-3-10-24(11-4-1)42-31-16-8-7-14-26(31)29-22-34-30(23-33(29)42)35-32(43(34)25-12-5-2-6-13-25)18-17-27-28-15-9-19-39-37(28)41-21-20-40-38(41)36(27)35/h1-23H. The number of para-hydroxylation sites is 3. The second-order valence-electron chi connectivity index (χ2n) is 11.1. The summed E-state index contributed by atoms with van der Waals surface area (Å²) in [5, 5.41) is 8.29. The van der Waals surface area contributed by atoms with Gasteiger partial charge in [-0.2, -0.15) is 0 Å². The molecule has 10 aromatic rings. The van der Waals surface area contributed by atoms with E-state index in [0.717, 1.165) is 44.3 Å². The van der Waals surface area contributed by atoms with Crippen molar-refractivity contribution in [2.75, 3.05) is 0 Å². The van der Waals surface area contributed by atoms with Gasteiger partial charge in [0, 0.05) is 62.3 Å². The fraction of sp³-hybridized carbons (Fsp3) is 0. The number of rotatable bonds is 2. The second-order valence-corrected chi connectivity index (χ2v) is 11.1. The number of fused-ring (bicyclic) bond motifs is 13. The van der Waals surface area contributed by atoms with E-state index < -0.39 is 0 Å². The normalized spacial score (nSPS) is 12.2. The first-order valence-corrected chi connectivity index (χ1v) is 14.5. The number of pyridine rings is 2. The van der Waals surface area contributed by atoms with Crippen LogP contribution in [-0.2, 0) is 0 Å². The van der Waals surface area contributed by atoms with Gasteiger partial charge < -0.3 is 9.13 Å². The highest BCUT2D eigenvalue weighted by atomic mass is 15.0. The van der Waals surface area contributed by atoms with Gasteiger partial charge in [0.05, 0.1) is 22.1 Å². The van der Waals surface area contributed by atoms with E-state index in [1.54, 1.807) is 0 Å². The number of aromatic nitrogens is 5. The van der Waals surface area contributed by atoms with Gasteiger partial charge in [-0.05, 0) is 66.0 Å². The van der Waals surface area contributed by atoms with Crippen molar-refractivity contribution in [3.05, 3.63) is 140 Å². The summed E-state index contributed by atoms with van der Waals surface area (Å²) in [6.45, 7) is 0. The molecule has 5 aromatic heterocycles. The summed E-state index contributed by atoms with van der Waals surface area (Å²) in [6, 6.07) is 43.5. The fourth-order valence-corrected chi connectivity index (χ4v) is 7.20. The Morgan fingerprint density at radius 2 is 1.05 bits per heavy atom. The van der Waals surface area contributed by atoms with E-state index in [2.05, 4.69) is 129 Å². The number of nitrogens with zero attached hydrogens (tertiary/aromatic N) is 5. The zero-order chi connectivity index (χ0) is 28.1. The Kier molecular flexibility index (Phi) is 4.39. The third-order valence-corrected chi connectivity index (χ3v) is 8.92. The van der Waals surface area contributed by atoms with Crippen LogP contribution in [0.3, 0.4) is 0 Å². The molecule has 10 rings (SSSR count). The van der Waals surface area contributed by atoms with Crippen molar-refractivity contribution in [2.45, 2.75) is 0 Å². The van der Waals surface area contributed by atoms with E-state index in [1.807, 2.05) is 24.7 Å². The largest absolute Gasteiger partial charge is 0.309 e. The van der Waals surface area contributed by atoms with Crippen LogP contribution in [-0.4, -0.2) is 23.5 Å². The molecule has 5 aromatic carbocycles. The topological polar surface area (TPSA) is 40.0 Å².